The number of pyridine rings is 2. The van der Waals surface area contributed by atoms with Gasteiger partial charge in [0.25, 0.3) is 0 Å². The van der Waals surface area contributed by atoms with Gasteiger partial charge in [-0.1, -0.05) is 115 Å². The molecule has 9 heteroatoms. The number of benzene rings is 4. The summed E-state index contributed by atoms with van der Waals surface area (Å²) < 4.78 is 11.2. The first-order chi connectivity index (χ1) is 25.8. The topological polar surface area (TPSA) is 60.5 Å². The number of aryl methyl sites for hydroxylation is 2. The van der Waals surface area contributed by atoms with Gasteiger partial charge in [0, 0.05) is 84.4 Å². The second-order valence-corrected chi connectivity index (χ2v) is 15.0. The van der Waals surface area contributed by atoms with Gasteiger partial charge in [-0.05, 0) is 49.6 Å². The van der Waals surface area contributed by atoms with Crippen molar-refractivity contribution < 1.29 is 25.8 Å². The molecule has 0 saturated heterocycles. The molecule has 0 fully saturated rings. The van der Waals surface area contributed by atoms with Crippen molar-refractivity contribution in [1.82, 2.24) is 23.8 Å². The summed E-state index contributed by atoms with van der Waals surface area (Å²) in [5.74, 6) is 1.92. The van der Waals surface area contributed by atoms with Gasteiger partial charge in [0.15, 0.2) is 0 Å². The van der Waals surface area contributed by atoms with Crippen molar-refractivity contribution in [3.8, 4) is 45.7 Å². The number of nitrogens with zero attached hydrogens (tertiary/aromatic N) is 6. The molecule has 1 aliphatic carbocycles. The number of hydrogen-bond acceptors (Lipinski definition) is 5. The first kappa shape index (κ1) is 32.9. The maximum Gasteiger partial charge on any atom is 0.399 e. The molecule has 4 aromatic carbocycles. The molecular formula is C45H34BN6OPt-. The Labute approximate surface area is 328 Å². The van der Waals surface area contributed by atoms with E-state index >= 15 is 0 Å². The summed E-state index contributed by atoms with van der Waals surface area (Å²) in [5.41, 5.74) is 14.7. The van der Waals surface area contributed by atoms with E-state index in [0.29, 0.717) is 11.6 Å². The third-order valence-corrected chi connectivity index (χ3v) is 11.7. The smallest absolute Gasteiger partial charge is 0.399 e. The van der Waals surface area contributed by atoms with Gasteiger partial charge >= 0.3 is 6.98 Å². The van der Waals surface area contributed by atoms with Crippen LogP contribution in [0.25, 0.3) is 61.2 Å². The van der Waals surface area contributed by atoms with Crippen LogP contribution >= 0.6 is 0 Å². The molecule has 264 valence electrons. The van der Waals surface area contributed by atoms with Gasteiger partial charge in [0.1, 0.15) is 0 Å². The number of fused-ring (bicyclic) bond motifs is 11. The van der Waals surface area contributed by atoms with E-state index < -0.39 is 0 Å². The first-order valence-electron chi connectivity index (χ1n) is 18.1. The minimum absolute atomic E-state index is 0. The summed E-state index contributed by atoms with van der Waals surface area (Å²) in [5, 5.41) is 3.51. The van der Waals surface area contributed by atoms with Gasteiger partial charge in [-0.15, -0.1) is 6.07 Å². The molecule has 7 nitrogen and oxygen atoms in total. The Morgan fingerprint density at radius 3 is 2.44 bits per heavy atom. The number of rotatable bonds is 4. The molecule has 9 aromatic rings. The Bertz CT molecular complexity index is 2960. The Morgan fingerprint density at radius 1 is 0.815 bits per heavy atom. The zero-order valence-electron chi connectivity index (χ0n) is 30.5. The predicted octanol–water partition coefficient (Wildman–Crippen LogP) is 9.21. The zero-order chi connectivity index (χ0) is 35.7. The molecule has 0 bridgehead atoms. The monoisotopic (exact) mass is 880 g/mol. The van der Waals surface area contributed by atoms with E-state index in [4.69, 9.17) is 19.7 Å². The number of para-hydroxylation sites is 1. The molecule has 0 saturated carbocycles. The van der Waals surface area contributed by atoms with Crippen LogP contribution in [-0.4, -0.2) is 37.9 Å². The van der Waals surface area contributed by atoms with E-state index in [1.807, 2.05) is 36.7 Å². The standard InChI is InChI=1S/C45H34BN6O.Pt/c1-26-12-10-13-27(2)40(26)46-50(5)35-21-20-28(24-31(35)44-47-22-23-51(44)46)53-37-19-11-17-34(49-37)41-38-39-43(30-15-6-8-16-33(30)45(39,3)4)52-36-18-9-7-14-29(36)32(25-48-41)42(38)52;/h6-23,25H,1-5H3;/q-1;. The van der Waals surface area contributed by atoms with Gasteiger partial charge in [-0.25, -0.2) is 4.98 Å². The van der Waals surface area contributed by atoms with Crippen LogP contribution in [0.3, 0.4) is 0 Å². The molecule has 2 aliphatic rings. The molecule has 0 amide bonds. The number of hydrogen-bond donors (Lipinski definition) is 0. The summed E-state index contributed by atoms with van der Waals surface area (Å²) in [6, 6.07) is 37.5. The molecule has 54 heavy (non-hydrogen) atoms. The van der Waals surface area contributed by atoms with E-state index in [9.17, 15) is 0 Å². The van der Waals surface area contributed by atoms with Crippen molar-refractivity contribution in [2.45, 2.75) is 33.1 Å². The van der Waals surface area contributed by atoms with Crippen LogP contribution in [0.4, 0.5) is 5.69 Å². The minimum Gasteiger partial charge on any atom is -0.459 e. The van der Waals surface area contributed by atoms with Crippen molar-refractivity contribution in [2.24, 2.45) is 0 Å². The molecule has 6 heterocycles. The van der Waals surface area contributed by atoms with E-state index in [2.05, 4.69) is 133 Å². The average molecular weight is 881 g/mol. The van der Waals surface area contributed by atoms with Gasteiger partial charge < -0.3 is 18.4 Å². The molecule has 11 rings (SSSR count). The van der Waals surface area contributed by atoms with Crippen LogP contribution in [0.15, 0.2) is 116 Å². The molecule has 1 aliphatic heterocycles. The van der Waals surface area contributed by atoms with Gasteiger partial charge in [-0.2, -0.15) is 0 Å². The average Bonchev–Trinajstić information content (AvgIpc) is 3.92. The quantitative estimate of drug-likeness (QED) is 0.130. The molecule has 0 spiro atoms. The summed E-state index contributed by atoms with van der Waals surface area (Å²) in [6.07, 6.45) is 5.94. The van der Waals surface area contributed by atoms with Crippen LogP contribution in [-0.2, 0) is 26.5 Å². The summed E-state index contributed by atoms with van der Waals surface area (Å²) >= 11 is 0. The third-order valence-electron chi connectivity index (χ3n) is 11.7. The van der Waals surface area contributed by atoms with Crippen LogP contribution in [0.2, 0.25) is 0 Å². The van der Waals surface area contributed by atoms with E-state index in [1.54, 1.807) is 0 Å². The maximum atomic E-state index is 6.52. The van der Waals surface area contributed by atoms with E-state index in [0.717, 1.165) is 39.2 Å². The minimum atomic E-state index is -0.223. The molecule has 0 N–H and O–H groups in total. The van der Waals surface area contributed by atoms with Gasteiger partial charge in [0.2, 0.25) is 5.88 Å². The van der Waals surface area contributed by atoms with Crippen molar-refractivity contribution in [2.75, 3.05) is 11.9 Å². The largest absolute Gasteiger partial charge is 0.459 e. The fourth-order valence-electron chi connectivity index (χ4n) is 9.37. The summed E-state index contributed by atoms with van der Waals surface area (Å²) in [6.45, 7) is 9.00. The van der Waals surface area contributed by atoms with E-state index in [-0.39, 0.29) is 33.5 Å². The van der Waals surface area contributed by atoms with Crippen molar-refractivity contribution >= 4 is 45.3 Å². The second kappa shape index (κ2) is 11.6. The van der Waals surface area contributed by atoms with Crippen LogP contribution in [0.1, 0.15) is 36.1 Å². The normalized spacial score (nSPS) is 13.9. The SMILES string of the molecule is Cc1cccc(C)c1B1N(C)c2ccc(Oc3cccc(-c4ncc5c6ccccc6n6c7c(c4c56)C(C)(C)c4ccccc4-7)n3)[c-]c2-c2nccn21.[Pt]. The molecule has 0 radical (unpaired) electrons. The van der Waals surface area contributed by atoms with Crippen molar-refractivity contribution in [3.63, 3.8) is 0 Å². The van der Waals surface area contributed by atoms with Gasteiger partial charge in [0.05, 0.1) is 28.1 Å². The number of anilines is 1. The van der Waals surface area contributed by atoms with E-state index in [1.165, 1.54) is 55.4 Å². The number of imidazole rings is 1. The Hall–Kier alpha value is -5.72. The number of ether oxygens (including phenoxy) is 1. The first-order valence-corrected chi connectivity index (χ1v) is 18.1. The van der Waals surface area contributed by atoms with Crippen LogP contribution in [0, 0.1) is 19.9 Å². The maximum absolute atomic E-state index is 6.52. The van der Waals surface area contributed by atoms with Gasteiger partial charge in [-0.3, -0.25) is 9.97 Å². The molecule has 5 aromatic heterocycles. The fourth-order valence-corrected chi connectivity index (χ4v) is 9.37. The Kier molecular flexibility index (Phi) is 7.09. The van der Waals surface area contributed by atoms with Crippen molar-refractivity contribution in [1.29, 1.82) is 0 Å². The van der Waals surface area contributed by atoms with Crippen LogP contribution < -0.4 is 15.0 Å². The third kappa shape index (κ3) is 4.32. The molecule has 0 unspecified atom stereocenters. The van der Waals surface area contributed by atoms with Crippen molar-refractivity contribution in [3.05, 3.63) is 144 Å². The summed E-state index contributed by atoms with van der Waals surface area (Å²) in [7, 11) is 2.14. The predicted molar refractivity (Wildman–Crippen MR) is 214 cm³/mol. The zero-order valence-corrected chi connectivity index (χ0v) is 32.7. The molecular weight excluding hydrogens is 846 g/mol. The Balaban J connectivity index is 0.00000361. The molecule has 0 atom stereocenters. The number of aromatic nitrogens is 5. The fraction of sp³-hybridized carbons (Fsp3) is 0.133. The summed E-state index contributed by atoms with van der Waals surface area (Å²) in [4.78, 5) is 17.4. The van der Waals surface area contributed by atoms with Crippen LogP contribution in [0.5, 0.6) is 11.6 Å². The second-order valence-electron chi connectivity index (χ2n) is 15.0. The Morgan fingerprint density at radius 2 is 1.59 bits per heavy atom.